The number of methoxy groups -OCH3 is 3. The fraction of sp³-hybridized carbons (Fsp3) is 0.391. The molecular formula is C23H25N5O5S. The highest BCUT2D eigenvalue weighted by Crippen LogP contribution is 2.40. The van der Waals surface area contributed by atoms with E-state index in [4.69, 9.17) is 14.2 Å². The van der Waals surface area contributed by atoms with E-state index < -0.39 is 11.6 Å². The Hall–Kier alpha value is -3.60. The minimum atomic E-state index is -0.412. The first-order valence-corrected chi connectivity index (χ1v) is 11.7. The maximum atomic E-state index is 13.0. The van der Waals surface area contributed by atoms with Gasteiger partial charge >= 0.3 is 5.69 Å². The zero-order valence-corrected chi connectivity index (χ0v) is 20.2. The van der Waals surface area contributed by atoms with E-state index in [1.807, 2.05) is 0 Å². The number of nitrogens with zero attached hydrogens (tertiary/aromatic N) is 4. The van der Waals surface area contributed by atoms with Crippen LogP contribution < -0.4 is 25.2 Å². The molecule has 0 spiro atoms. The van der Waals surface area contributed by atoms with E-state index in [1.165, 1.54) is 47.2 Å². The fourth-order valence-electron chi connectivity index (χ4n) is 4.46. The van der Waals surface area contributed by atoms with Crippen LogP contribution >= 0.6 is 11.3 Å². The molecule has 34 heavy (non-hydrogen) atoms. The summed E-state index contributed by atoms with van der Waals surface area (Å²) in [5, 5.41) is 8.22. The lowest BCUT2D eigenvalue weighted by molar-refractivity contribution is -0.117. The highest BCUT2D eigenvalue weighted by atomic mass is 32.1. The van der Waals surface area contributed by atoms with Crippen molar-refractivity contribution in [3.05, 3.63) is 39.4 Å². The Kier molecular flexibility index (Phi) is 5.64. The lowest BCUT2D eigenvalue weighted by Gasteiger charge is -2.17. The molecule has 0 fully saturated rings. The monoisotopic (exact) mass is 483 g/mol. The Morgan fingerprint density at radius 1 is 1.21 bits per heavy atom. The first-order valence-electron chi connectivity index (χ1n) is 10.9. The number of amides is 1. The van der Waals surface area contributed by atoms with Crippen molar-refractivity contribution in [2.24, 2.45) is 5.92 Å². The quantitative estimate of drug-likeness (QED) is 0.449. The first kappa shape index (κ1) is 22.2. The summed E-state index contributed by atoms with van der Waals surface area (Å²) in [5.41, 5.74) is 1.81. The van der Waals surface area contributed by atoms with Gasteiger partial charge in [-0.15, -0.1) is 16.4 Å². The summed E-state index contributed by atoms with van der Waals surface area (Å²) in [5.74, 6) is 1.46. The molecule has 1 N–H and O–H groups in total. The summed E-state index contributed by atoms with van der Waals surface area (Å²) < 4.78 is 18.6. The van der Waals surface area contributed by atoms with Crippen LogP contribution in [0.3, 0.4) is 0 Å². The molecule has 4 aromatic rings. The fourth-order valence-corrected chi connectivity index (χ4v) is 5.80. The van der Waals surface area contributed by atoms with E-state index in [1.54, 1.807) is 23.5 Å². The summed E-state index contributed by atoms with van der Waals surface area (Å²) in [6.45, 7) is 2.00. The molecule has 1 aromatic carbocycles. The average molecular weight is 484 g/mol. The molecule has 11 heteroatoms. The van der Waals surface area contributed by atoms with Crippen molar-refractivity contribution in [2.75, 3.05) is 26.6 Å². The van der Waals surface area contributed by atoms with E-state index in [0.717, 1.165) is 29.5 Å². The molecule has 0 unspecified atom stereocenters. The second-order valence-corrected chi connectivity index (χ2v) is 9.46. The van der Waals surface area contributed by atoms with Crippen LogP contribution in [0.5, 0.6) is 17.2 Å². The number of anilines is 1. The van der Waals surface area contributed by atoms with Gasteiger partial charge in [0.2, 0.25) is 11.7 Å². The van der Waals surface area contributed by atoms with Crippen molar-refractivity contribution in [2.45, 2.75) is 32.7 Å². The van der Waals surface area contributed by atoms with Gasteiger partial charge in [-0.3, -0.25) is 4.79 Å². The van der Waals surface area contributed by atoms with Gasteiger partial charge in [0.25, 0.3) is 0 Å². The number of aromatic nitrogens is 4. The van der Waals surface area contributed by atoms with Crippen LogP contribution in [-0.4, -0.2) is 46.4 Å². The predicted molar refractivity (Wildman–Crippen MR) is 129 cm³/mol. The molecule has 0 saturated carbocycles. The Bertz CT molecular complexity index is 1450. The second-order valence-electron chi connectivity index (χ2n) is 8.37. The summed E-state index contributed by atoms with van der Waals surface area (Å²) in [4.78, 5) is 32.5. The number of thiophene rings is 1. The standard InChI is InChI=1S/C23H25N5O5S/c1-12-5-6-14-17(7-12)34-22-19(14)21-26-28(23(30)27(21)11-24-22)10-18(29)25-13-8-15(31-2)20(33-4)16(9-13)32-3/h8-9,11-12H,5-7,10H2,1-4H3,(H,25,29)/t12-/m0/s1. The van der Waals surface area contributed by atoms with Crippen molar-refractivity contribution >= 4 is 38.8 Å². The second kappa shape index (κ2) is 8.64. The zero-order valence-electron chi connectivity index (χ0n) is 19.4. The molecule has 0 bridgehead atoms. The van der Waals surface area contributed by atoms with Gasteiger partial charge in [0.15, 0.2) is 17.1 Å². The molecule has 1 atom stereocenters. The van der Waals surface area contributed by atoms with Crippen LogP contribution in [0.1, 0.15) is 23.8 Å². The zero-order chi connectivity index (χ0) is 24.0. The van der Waals surface area contributed by atoms with E-state index >= 15 is 0 Å². The number of hydrogen-bond acceptors (Lipinski definition) is 8. The highest BCUT2D eigenvalue weighted by Gasteiger charge is 2.24. The molecule has 1 amide bonds. The van der Waals surface area contributed by atoms with Crippen LogP contribution in [0.2, 0.25) is 0 Å². The summed E-state index contributed by atoms with van der Waals surface area (Å²) >= 11 is 1.67. The normalized spacial score (nSPS) is 15.4. The van der Waals surface area contributed by atoms with Crippen LogP contribution in [-0.2, 0) is 24.2 Å². The number of nitrogens with one attached hydrogen (secondary N) is 1. The van der Waals surface area contributed by atoms with Crippen molar-refractivity contribution in [3.8, 4) is 17.2 Å². The minimum Gasteiger partial charge on any atom is -0.493 e. The van der Waals surface area contributed by atoms with Gasteiger partial charge in [-0.05, 0) is 30.7 Å². The Labute approximate surface area is 199 Å². The number of benzene rings is 1. The van der Waals surface area contributed by atoms with Crippen LogP contribution in [0.15, 0.2) is 23.3 Å². The van der Waals surface area contributed by atoms with Crippen molar-refractivity contribution in [1.82, 2.24) is 19.2 Å². The highest BCUT2D eigenvalue weighted by molar-refractivity contribution is 7.19. The third-order valence-electron chi connectivity index (χ3n) is 6.12. The van der Waals surface area contributed by atoms with E-state index in [-0.39, 0.29) is 6.54 Å². The van der Waals surface area contributed by atoms with Crippen LogP contribution in [0.4, 0.5) is 5.69 Å². The molecule has 178 valence electrons. The largest absolute Gasteiger partial charge is 0.493 e. The number of hydrogen-bond donors (Lipinski definition) is 1. The van der Waals surface area contributed by atoms with Crippen molar-refractivity contribution in [3.63, 3.8) is 0 Å². The maximum Gasteiger partial charge on any atom is 0.352 e. The van der Waals surface area contributed by atoms with E-state index in [9.17, 15) is 9.59 Å². The molecule has 3 aromatic heterocycles. The first-order chi connectivity index (χ1) is 16.4. The van der Waals surface area contributed by atoms with Gasteiger partial charge in [-0.1, -0.05) is 6.92 Å². The Balaban J connectivity index is 1.46. The number of carbonyl (C=O) groups is 1. The third kappa shape index (κ3) is 3.65. The summed E-state index contributed by atoms with van der Waals surface area (Å²) in [7, 11) is 4.50. The minimum absolute atomic E-state index is 0.248. The Morgan fingerprint density at radius 2 is 1.94 bits per heavy atom. The molecule has 1 aliphatic carbocycles. The van der Waals surface area contributed by atoms with E-state index in [2.05, 4.69) is 22.3 Å². The van der Waals surface area contributed by atoms with Gasteiger partial charge in [0.1, 0.15) is 17.7 Å². The maximum absolute atomic E-state index is 13.0. The van der Waals surface area contributed by atoms with Gasteiger partial charge < -0.3 is 19.5 Å². The van der Waals surface area contributed by atoms with Gasteiger partial charge in [-0.2, -0.15) is 0 Å². The van der Waals surface area contributed by atoms with Gasteiger partial charge in [0, 0.05) is 22.7 Å². The molecule has 3 heterocycles. The molecular weight excluding hydrogens is 458 g/mol. The smallest absolute Gasteiger partial charge is 0.352 e. The van der Waals surface area contributed by atoms with Crippen LogP contribution in [0.25, 0.3) is 15.9 Å². The molecule has 0 aliphatic heterocycles. The van der Waals surface area contributed by atoms with Crippen molar-refractivity contribution < 1.29 is 19.0 Å². The number of aryl methyl sites for hydroxylation is 1. The number of rotatable bonds is 6. The topological polar surface area (TPSA) is 109 Å². The van der Waals surface area contributed by atoms with Gasteiger partial charge in [0.05, 0.1) is 26.7 Å². The van der Waals surface area contributed by atoms with Gasteiger partial charge in [-0.25, -0.2) is 18.9 Å². The number of carbonyl (C=O) groups excluding carboxylic acids is 1. The lowest BCUT2D eigenvalue weighted by atomic mass is 9.89. The molecule has 5 rings (SSSR count). The lowest BCUT2D eigenvalue weighted by Crippen LogP contribution is -2.28. The number of fused-ring (bicyclic) bond motifs is 5. The Morgan fingerprint density at radius 3 is 2.62 bits per heavy atom. The summed E-state index contributed by atoms with van der Waals surface area (Å²) in [6, 6.07) is 3.25. The summed E-state index contributed by atoms with van der Waals surface area (Å²) in [6.07, 6.45) is 4.55. The third-order valence-corrected chi connectivity index (χ3v) is 7.28. The SMILES string of the molecule is COc1cc(NC(=O)Cn2nc3c4c5c(sc4ncn3c2=O)C[C@@H](C)CC5)cc(OC)c1OC. The average Bonchev–Trinajstić information content (AvgIpc) is 3.34. The van der Waals surface area contributed by atoms with Crippen LogP contribution in [0, 0.1) is 5.92 Å². The predicted octanol–water partition coefficient (Wildman–Crippen LogP) is 2.90. The number of ether oxygens (including phenoxy) is 3. The van der Waals surface area contributed by atoms with E-state index in [0.29, 0.717) is 34.5 Å². The molecule has 0 saturated heterocycles. The molecule has 1 aliphatic rings. The molecule has 10 nitrogen and oxygen atoms in total. The van der Waals surface area contributed by atoms with Crippen molar-refractivity contribution in [1.29, 1.82) is 0 Å². The molecule has 0 radical (unpaired) electrons.